The van der Waals surface area contributed by atoms with Crippen molar-refractivity contribution in [1.29, 1.82) is 0 Å². The zero-order chi connectivity index (χ0) is 12.2. The van der Waals surface area contributed by atoms with Crippen molar-refractivity contribution in [3.63, 3.8) is 0 Å². The zero-order valence-electron chi connectivity index (χ0n) is 9.56. The summed E-state index contributed by atoms with van der Waals surface area (Å²) in [6, 6.07) is 3.31. The molecule has 0 aliphatic rings. The maximum absolute atomic E-state index is 9.53. The summed E-state index contributed by atoms with van der Waals surface area (Å²) in [5.41, 5.74) is 0.205. The molecule has 5 heteroatoms. The summed E-state index contributed by atoms with van der Waals surface area (Å²) in [6.45, 7) is 3.64. The summed E-state index contributed by atoms with van der Waals surface area (Å²) < 4.78 is 0. The van der Waals surface area contributed by atoms with E-state index in [0.717, 1.165) is 5.69 Å². The SMILES string of the molecule is Cc1ccc(O)c(CNCC(C)(O)CO)n1. The number of aliphatic hydroxyl groups is 2. The van der Waals surface area contributed by atoms with Gasteiger partial charge >= 0.3 is 0 Å². The summed E-state index contributed by atoms with van der Waals surface area (Å²) in [5, 5.41) is 30.8. The lowest BCUT2D eigenvalue weighted by molar-refractivity contribution is 0.00245. The average Bonchev–Trinajstić information content (AvgIpc) is 2.23. The molecule has 1 atom stereocenters. The Balaban J connectivity index is 2.52. The van der Waals surface area contributed by atoms with Crippen molar-refractivity contribution in [2.24, 2.45) is 0 Å². The van der Waals surface area contributed by atoms with E-state index < -0.39 is 5.60 Å². The minimum atomic E-state index is -1.15. The number of aliphatic hydroxyl groups excluding tert-OH is 1. The van der Waals surface area contributed by atoms with Gasteiger partial charge in [-0.25, -0.2) is 0 Å². The number of aryl methyl sites for hydroxylation is 1. The van der Waals surface area contributed by atoms with E-state index in [4.69, 9.17) is 5.11 Å². The highest BCUT2D eigenvalue weighted by atomic mass is 16.3. The highest BCUT2D eigenvalue weighted by Gasteiger charge is 2.18. The summed E-state index contributed by atoms with van der Waals surface area (Å²) in [6.07, 6.45) is 0. The van der Waals surface area contributed by atoms with Crippen molar-refractivity contribution in [3.8, 4) is 5.75 Å². The largest absolute Gasteiger partial charge is 0.506 e. The van der Waals surface area contributed by atoms with Crippen molar-refractivity contribution in [1.82, 2.24) is 10.3 Å². The summed E-state index contributed by atoms with van der Waals surface area (Å²) in [4.78, 5) is 4.16. The Morgan fingerprint density at radius 3 is 2.75 bits per heavy atom. The number of aromatic hydroxyl groups is 1. The molecule has 0 spiro atoms. The van der Waals surface area contributed by atoms with Crippen LogP contribution in [-0.4, -0.2) is 39.1 Å². The van der Waals surface area contributed by atoms with E-state index in [1.54, 1.807) is 12.1 Å². The Morgan fingerprint density at radius 1 is 1.44 bits per heavy atom. The molecule has 1 rings (SSSR count). The number of hydrogen-bond acceptors (Lipinski definition) is 5. The molecule has 0 aliphatic carbocycles. The highest BCUT2D eigenvalue weighted by molar-refractivity contribution is 5.27. The second-order valence-corrected chi connectivity index (χ2v) is 4.18. The topological polar surface area (TPSA) is 85.6 Å². The van der Waals surface area contributed by atoms with E-state index in [9.17, 15) is 10.2 Å². The monoisotopic (exact) mass is 226 g/mol. The number of nitrogens with zero attached hydrogens (tertiary/aromatic N) is 1. The molecular weight excluding hydrogens is 208 g/mol. The van der Waals surface area contributed by atoms with Crippen molar-refractivity contribution < 1.29 is 15.3 Å². The quantitative estimate of drug-likeness (QED) is 0.564. The molecule has 0 saturated heterocycles. The van der Waals surface area contributed by atoms with Crippen LogP contribution in [0.2, 0.25) is 0 Å². The highest BCUT2D eigenvalue weighted by Crippen LogP contribution is 2.14. The maximum Gasteiger partial charge on any atom is 0.138 e. The summed E-state index contributed by atoms with van der Waals surface area (Å²) >= 11 is 0. The third-order valence-corrected chi connectivity index (χ3v) is 2.23. The fraction of sp³-hybridized carbons (Fsp3) is 0.545. The van der Waals surface area contributed by atoms with Gasteiger partial charge in [-0.05, 0) is 26.0 Å². The van der Waals surface area contributed by atoms with E-state index in [1.807, 2.05) is 6.92 Å². The minimum Gasteiger partial charge on any atom is -0.506 e. The van der Waals surface area contributed by atoms with Gasteiger partial charge in [-0.1, -0.05) is 0 Å². The van der Waals surface area contributed by atoms with E-state index >= 15 is 0 Å². The number of nitrogens with one attached hydrogen (secondary N) is 1. The molecule has 4 N–H and O–H groups in total. The number of rotatable bonds is 5. The van der Waals surface area contributed by atoms with Crippen molar-refractivity contribution in [3.05, 3.63) is 23.5 Å². The Labute approximate surface area is 94.8 Å². The second kappa shape index (κ2) is 5.25. The normalized spacial score (nSPS) is 14.8. The van der Waals surface area contributed by atoms with Gasteiger partial charge in [0, 0.05) is 18.8 Å². The molecule has 1 unspecified atom stereocenters. The predicted molar refractivity (Wildman–Crippen MR) is 60.1 cm³/mol. The standard InChI is InChI=1S/C11H18N2O3/c1-8-3-4-10(15)9(13-8)5-12-6-11(2,16)7-14/h3-4,12,14-16H,5-7H2,1-2H3. The molecular formula is C11H18N2O3. The third kappa shape index (κ3) is 3.77. The Kier molecular flexibility index (Phi) is 4.23. The first-order valence-corrected chi connectivity index (χ1v) is 5.14. The Morgan fingerprint density at radius 2 is 2.12 bits per heavy atom. The van der Waals surface area contributed by atoms with Crippen LogP contribution in [0.1, 0.15) is 18.3 Å². The maximum atomic E-state index is 9.53. The molecule has 16 heavy (non-hydrogen) atoms. The number of pyridine rings is 1. The van der Waals surface area contributed by atoms with Crippen molar-refractivity contribution in [2.45, 2.75) is 26.0 Å². The lowest BCUT2D eigenvalue weighted by Gasteiger charge is -2.20. The van der Waals surface area contributed by atoms with Gasteiger partial charge in [-0.3, -0.25) is 4.98 Å². The Bertz CT molecular complexity index is 353. The molecule has 0 fully saturated rings. The van der Waals surface area contributed by atoms with Gasteiger partial charge in [0.05, 0.1) is 17.9 Å². The molecule has 5 nitrogen and oxygen atoms in total. The molecule has 90 valence electrons. The smallest absolute Gasteiger partial charge is 0.138 e. The van der Waals surface area contributed by atoms with Gasteiger partial charge in [0.1, 0.15) is 5.75 Å². The lowest BCUT2D eigenvalue weighted by atomic mass is 10.1. The first-order valence-electron chi connectivity index (χ1n) is 5.14. The molecule has 1 heterocycles. The van der Waals surface area contributed by atoms with Gasteiger partial charge in [0.25, 0.3) is 0 Å². The van der Waals surface area contributed by atoms with Crippen LogP contribution in [0.25, 0.3) is 0 Å². The van der Waals surface area contributed by atoms with Crippen LogP contribution in [-0.2, 0) is 6.54 Å². The van der Waals surface area contributed by atoms with Gasteiger partial charge in [-0.2, -0.15) is 0 Å². The van der Waals surface area contributed by atoms with Crippen LogP contribution in [0.4, 0.5) is 0 Å². The van der Waals surface area contributed by atoms with E-state index in [1.165, 1.54) is 6.92 Å². The summed E-state index contributed by atoms with van der Waals surface area (Å²) in [5.74, 6) is 0.127. The molecule has 1 aromatic heterocycles. The molecule has 0 amide bonds. The van der Waals surface area contributed by atoms with Crippen LogP contribution >= 0.6 is 0 Å². The summed E-state index contributed by atoms with van der Waals surface area (Å²) in [7, 11) is 0. The minimum absolute atomic E-state index is 0.127. The van der Waals surface area contributed by atoms with Crippen molar-refractivity contribution in [2.75, 3.05) is 13.2 Å². The van der Waals surface area contributed by atoms with Crippen molar-refractivity contribution >= 4 is 0 Å². The predicted octanol–water partition coefficient (Wildman–Crippen LogP) is -0.0715. The van der Waals surface area contributed by atoms with Crippen LogP contribution in [0.15, 0.2) is 12.1 Å². The zero-order valence-corrected chi connectivity index (χ0v) is 9.56. The average molecular weight is 226 g/mol. The van der Waals surface area contributed by atoms with Crippen LogP contribution in [0, 0.1) is 6.92 Å². The van der Waals surface area contributed by atoms with Crippen LogP contribution in [0.3, 0.4) is 0 Å². The molecule has 0 aliphatic heterocycles. The van der Waals surface area contributed by atoms with E-state index in [0.29, 0.717) is 12.2 Å². The first kappa shape index (κ1) is 12.9. The van der Waals surface area contributed by atoms with Gasteiger partial charge in [-0.15, -0.1) is 0 Å². The van der Waals surface area contributed by atoms with E-state index in [2.05, 4.69) is 10.3 Å². The molecule has 0 aromatic carbocycles. The van der Waals surface area contributed by atoms with E-state index in [-0.39, 0.29) is 18.9 Å². The Hall–Kier alpha value is -1.17. The lowest BCUT2D eigenvalue weighted by Crippen LogP contribution is -2.40. The molecule has 0 bridgehead atoms. The number of hydrogen-bond donors (Lipinski definition) is 4. The van der Waals surface area contributed by atoms with Gasteiger partial charge in [0.15, 0.2) is 0 Å². The van der Waals surface area contributed by atoms with Gasteiger partial charge < -0.3 is 20.6 Å². The molecule has 0 saturated carbocycles. The fourth-order valence-electron chi connectivity index (χ4n) is 1.24. The number of aromatic nitrogens is 1. The van der Waals surface area contributed by atoms with Gasteiger partial charge in [0.2, 0.25) is 0 Å². The third-order valence-electron chi connectivity index (χ3n) is 2.23. The first-order chi connectivity index (χ1) is 7.44. The van der Waals surface area contributed by atoms with Crippen LogP contribution < -0.4 is 5.32 Å². The molecule has 1 aromatic rings. The molecule has 0 radical (unpaired) electrons. The second-order valence-electron chi connectivity index (χ2n) is 4.18. The van der Waals surface area contributed by atoms with Crippen LogP contribution in [0.5, 0.6) is 5.75 Å². The fourth-order valence-corrected chi connectivity index (χ4v) is 1.24.